The van der Waals surface area contributed by atoms with Gasteiger partial charge >= 0.3 is 0 Å². The Morgan fingerprint density at radius 3 is 2.40 bits per heavy atom. The Morgan fingerprint density at radius 1 is 1.33 bits per heavy atom. The monoisotopic (exact) mass is 244 g/mol. The molecule has 0 amide bonds. The lowest BCUT2D eigenvalue weighted by molar-refractivity contribution is -0.124. The van der Waals surface area contributed by atoms with Crippen molar-refractivity contribution >= 4 is 29.0 Å². The highest BCUT2D eigenvalue weighted by molar-refractivity contribution is 6.34. The Morgan fingerprint density at radius 2 is 1.93 bits per heavy atom. The van der Waals surface area contributed by atoms with E-state index in [4.69, 9.17) is 23.2 Å². The Balaban J connectivity index is 2.12. The molecule has 0 radical (unpaired) electrons. The SMILES string of the molecule is O=C(Cc1c(Cl)ncnc1Cl)C1CCC1. The normalized spacial score (nSPS) is 16.1. The molecule has 2 rings (SSSR count). The Hall–Kier alpha value is -0.670. The first kappa shape index (κ1) is 10.8. The van der Waals surface area contributed by atoms with Crippen LogP contribution in [0.2, 0.25) is 10.3 Å². The van der Waals surface area contributed by atoms with E-state index in [9.17, 15) is 4.79 Å². The zero-order valence-corrected chi connectivity index (χ0v) is 9.55. The van der Waals surface area contributed by atoms with Gasteiger partial charge in [0, 0.05) is 17.9 Å². The third-order valence-corrected chi connectivity index (χ3v) is 3.40. The van der Waals surface area contributed by atoms with Crippen LogP contribution in [0.15, 0.2) is 6.33 Å². The van der Waals surface area contributed by atoms with Crippen molar-refractivity contribution < 1.29 is 4.79 Å². The highest BCUT2D eigenvalue weighted by atomic mass is 35.5. The number of hydrogen-bond donors (Lipinski definition) is 0. The molecule has 0 spiro atoms. The summed E-state index contributed by atoms with van der Waals surface area (Å²) in [6.45, 7) is 0. The Bertz CT molecular complexity index is 371. The molecule has 0 unspecified atom stereocenters. The molecular formula is C10H10Cl2N2O. The van der Waals surface area contributed by atoms with Gasteiger partial charge in [0.2, 0.25) is 0 Å². The summed E-state index contributed by atoms with van der Waals surface area (Å²) in [5.74, 6) is 0.386. The molecule has 1 aromatic heterocycles. The van der Waals surface area contributed by atoms with E-state index in [1.54, 1.807) is 0 Å². The van der Waals surface area contributed by atoms with E-state index in [1.807, 2.05) is 0 Å². The Kier molecular flexibility index (Phi) is 3.22. The second kappa shape index (κ2) is 4.45. The second-order valence-corrected chi connectivity index (χ2v) is 4.42. The molecule has 0 N–H and O–H groups in total. The van der Waals surface area contributed by atoms with Gasteiger partial charge in [0.05, 0.1) is 0 Å². The van der Waals surface area contributed by atoms with Gasteiger partial charge in [-0.25, -0.2) is 9.97 Å². The average Bonchev–Trinajstić information content (AvgIpc) is 2.08. The van der Waals surface area contributed by atoms with Crippen molar-refractivity contribution in [2.45, 2.75) is 25.7 Å². The number of nitrogens with zero attached hydrogens (tertiary/aromatic N) is 2. The molecule has 0 bridgehead atoms. The first-order valence-corrected chi connectivity index (χ1v) is 5.61. The van der Waals surface area contributed by atoms with E-state index in [0.717, 1.165) is 19.3 Å². The van der Waals surface area contributed by atoms with E-state index in [0.29, 0.717) is 5.56 Å². The quantitative estimate of drug-likeness (QED) is 0.769. The molecule has 1 fully saturated rings. The minimum Gasteiger partial charge on any atom is -0.299 e. The van der Waals surface area contributed by atoms with Crippen molar-refractivity contribution in [2.24, 2.45) is 5.92 Å². The fraction of sp³-hybridized carbons (Fsp3) is 0.500. The van der Waals surface area contributed by atoms with Crippen LogP contribution in [0.1, 0.15) is 24.8 Å². The van der Waals surface area contributed by atoms with E-state index >= 15 is 0 Å². The topological polar surface area (TPSA) is 42.9 Å². The van der Waals surface area contributed by atoms with Crippen molar-refractivity contribution in [1.29, 1.82) is 0 Å². The van der Waals surface area contributed by atoms with Crippen molar-refractivity contribution in [3.63, 3.8) is 0 Å². The third-order valence-electron chi connectivity index (χ3n) is 2.75. The zero-order valence-electron chi connectivity index (χ0n) is 8.04. The van der Waals surface area contributed by atoms with Crippen LogP contribution in [0.5, 0.6) is 0 Å². The highest BCUT2D eigenvalue weighted by Gasteiger charge is 2.26. The second-order valence-electron chi connectivity index (χ2n) is 3.70. The molecule has 3 nitrogen and oxygen atoms in total. The van der Waals surface area contributed by atoms with Crippen molar-refractivity contribution in [3.05, 3.63) is 22.2 Å². The molecule has 5 heteroatoms. The molecule has 0 saturated heterocycles. The van der Waals surface area contributed by atoms with Gasteiger partial charge in [-0.3, -0.25) is 4.79 Å². The zero-order chi connectivity index (χ0) is 10.8. The number of aromatic nitrogens is 2. The fourth-order valence-corrected chi connectivity index (χ4v) is 2.01. The Labute approximate surface area is 97.8 Å². The summed E-state index contributed by atoms with van der Waals surface area (Å²) >= 11 is 11.7. The van der Waals surface area contributed by atoms with Gasteiger partial charge in [0.25, 0.3) is 0 Å². The van der Waals surface area contributed by atoms with Crippen LogP contribution in [-0.4, -0.2) is 15.8 Å². The predicted molar refractivity (Wildman–Crippen MR) is 58.1 cm³/mol. The van der Waals surface area contributed by atoms with Gasteiger partial charge in [-0.05, 0) is 12.8 Å². The third kappa shape index (κ3) is 2.29. The minimum atomic E-state index is 0.192. The van der Waals surface area contributed by atoms with Crippen LogP contribution < -0.4 is 0 Å². The summed E-state index contributed by atoms with van der Waals surface area (Å²) in [5, 5.41) is 0.561. The molecule has 15 heavy (non-hydrogen) atoms. The number of carbonyl (C=O) groups is 1. The summed E-state index contributed by atoms with van der Waals surface area (Å²) in [6.07, 6.45) is 4.66. The number of Topliss-reactive ketones (excluding diaryl/α,β-unsaturated/α-hetero) is 1. The van der Waals surface area contributed by atoms with Crippen LogP contribution in [-0.2, 0) is 11.2 Å². The van der Waals surface area contributed by atoms with Gasteiger partial charge in [0.1, 0.15) is 22.4 Å². The van der Waals surface area contributed by atoms with Crippen LogP contribution in [0.3, 0.4) is 0 Å². The number of rotatable bonds is 3. The average molecular weight is 245 g/mol. The highest BCUT2D eigenvalue weighted by Crippen LogP contribution is 2.30. The molecule has 1 aliphatic carbocycles. The summed E-state index contributed by atoms with van der Waals surface area (Å²) < 4.78 is 0. The first-order valence-electron chi connectivity index (χ1n) is 4.86. The molecule has 1 saturated carbocycles. The lowest BCUT2D eigenvalue weighted by Crippen LogP contribution is -2.23. The van der Waals surface area contributed by atoms with E-state index in [1.165, 1.54) is 6.33 Å². The summed E-state index contributed by atoms with van der Waals surface area (Å²) in [5.41, 5.74) is 0.553. The molecule has 1 aliphatic rings. The van der Waals surface area contributed by atoms with Gasteiger partial charge < -0.3 is 0 Å². The van der Waals surface area contributed by atoms with E-state index in [2.05, 4.69) is 9.97 Å². The maximum atomic E-state index is 11.7. The van der Waals surface area contributed by atoms with Crippen LogP contribution in [0.25, 0.3) is 0 Å². The van der Waals surface area contributed by atoms with Gasteiger partial charge in [-0.1, -0.05) is 29.6 Å². The molecule has 80 valence electrons. The van der Waals surface area contributed by atoms with Gasteiger partial charge in [-0.15, -0.1) is 0 Å². The lowest BCUT2D eigenvalue weighted by atomic mass is 9.80. The van der Waals surface area contributed by atoms with E-state index in [-0.39, 0.29) is 28.4 Å². The van der Waals surface area contributed by atoms with Crippen LogP contribution in [0.4, 0.5) is 0 Å². The predicted octanol–water partition coefficient (Wildman–Crippen LogP) is 2.70. The maximum Gasteiger partial charge on any atom is 0.140 e. The van der Waals surface area contributed by atoms with Crippen molar-refractivity contribution in [1.82, 2.24) is 9.97 Å². The summed E-state index contributed by atoms with van der Waals surface area (Å²) in [6, 6.07) is 0. The van der Waals surface area contributed by atoms with Crippen LogP contribution in [0, 0.1) is 5.92 Å². The molecular weight excluding hydrogens is 235 g/mol. The lowest BCUT2D eigenvalue weighted by Gasteiger charge is -2.23. The number of hydrogen-bond acceptors (Lipinski definition) is 3. The standard InChI is InChI=1S/C10H10Cl2N2O/c11-9-7(10(12)14-5-13-9)4-8(15)6-2-1-3-6/h5-6H,1-4H2. The number of ketones is 1. The minimum absolute atomic E-state index is 0.192. The smallest absolute Gasteiger partial charge is 0.140 e. The molecule has 0 aromatic carbocycles. The number of carbonyl (C=O) groups excluding carboxylic acids is 1. The summed E-state index contributed by atoms with van der Waals surface area (Å²) in [7, 11) is 0. The largest absolute Gasteiger partial charge is 0.299 e. The fourth-order valence-electron chi connectivity index (χ4n) is 1.57. The first-order chi connectivity index (χ1) is 7.18. The van der Waals surface area contributed by atoms with E-state index < -0.39 is 0 Å². The molecule has 1 heterocycles. The maximum absolute atomic E-state index is 11.7. The number of halogens is 2. The molecule has 1 aromatic rings. The molecule has 0 aliphatic heterocycles. The van der Waals surface area contributed by atoms with Crippen molar-refractivity contribution in [2.75, 3.05) is 0 Å². The van der Waals surface area contributed by atoms with Gasteiger partial charge in [0.15, 0.2) is 0 Å². The van der Waals surface area contributed by atoms with Crippen LogP contribution >= 0.6 is 23.2 Å². The summed E-state index contributed by atoms with van der Waals surface area (Å²) in [4.78, 5) is 19.4. The van der Waals surface area contributed by atoms with Gasteiger partial charge in [-0.2, -0.15) is 0 Å². The van der Waals surface area contributed by atoms with Crippen molar-refractivity contribution in [3.8, 4) is 0 Å². The molecule has 0 atom stereocenters.